The molecule has 0 spiro atoms. The number of aromatic nitrogens is 1. The predicted octanol–water partition coefficient (Wildman–Crippen LogP) is 2.95. The number of nitrogens with two attached hydrogens (primary N) is 2. The maximum absolute atomic E-state index is 12.8. The van der Waals surface area contributed by atoms with Gasteiger partial charge >= 0.3 is 0 Å². The monoisotopic (exact) mass is 378 g/mol. The van der Waals surface area contributed by atoms with E-state index >= 15 is 0 Å². The van der Waals surface area contributed by atoms with Crippen LogP contribution in [0.2, 0.25) is 0 Å². The minimum Gasteiger partial charge on any atom is -0.493 e. The van der Waals surface area contributed by atoms with E-state index in [1.807, 2.05) is 49.4 Å². The quantitative estimate of drug-likeness (QED) is 0.523. The number of aryl methyl sites for hydroxylation is 1. The number of pyridine rings is 1. The van der Waals surface area contributed by atoms with E-state index in [0.29, 0.717) is 13.2 Å². The number of fused-ring (bicyclic) bond motifs is 1. The third-order valence-electron chi connectivity index (χ3n) is 4.67. The van der Waals surface area contributed by atoms with Crippen LogP contribution in [-0.4, -0.2) is 30.6 Å². The van der Waals surface area contributed by atoms with Gasteiger partial charge < -0.3 is 21.5 Å². The van der Waals surface area contributed by atoms with Crippen molar-refractivity contribution >= 4 is 22.4 Å². The smallest absolute Gasteiger partial charge is 0.233 e. The van der Waals surface area contributed by atoms with Gasteiger partial charge in [0.05, 0.1) is 12.5 Å². The van der Waals surface area contributed by atoms with Crippen LogP contribution >= 0.6 is 0 Å². The fourth-order valence-electron chi connectivity index (χ4n) is 3.10. The Morgan fingerprint density at radius 1 is 1.14 bits per heavy atom. The molecule has 0 bridgehead atoms. The molecular formula is C22H26N4O2. The third kappa shape index (κ3) is 4.65. The van der Waals surface area contributed by atoms with Crippen LogP contribution in [0.4, 0.5) is 5.69 Å². The minimum atomic E-state index is -0.440. The largest absolute Gasteiger partial charge is 0.493 e. The molecule has 5 N–H and O–H groups in total. The number of nitrogens with one attached hydrogen (secondary N) is 1. The van der Waals surface area contributed by atoms with Crippen molar-refractivity contribution in [2.45, 2.75) is 19.3 Å². The van der Waals surface area contributed by atoms with Crippen LogP contribution in [-0.2, 0) is 4.79 Å². The summed E-state index contributed by atoms with van der Waals surface area (Å²) in [5, 5.41) is 5.02. The van der Waals surface area contributed by atoms with Gasteiger partial charge in [0.2, 0.25) is 5.91 Å². The molecule has 2 aromatic carbocycles. The average molecular weight is 378 g/mol. The van der Waals surface area contributed by atoms with E-state index in [9.17, 15) is 4.79 Å². The second kappa shape index (κ2) is 9.30. The maximum Gasteiger partial charge on any atom is 0.233 e. The van der Waals surface area contributed by atoms with E-state index in [1.54, 1.807) is 12.4 Å². The van der Waals surface area contributed by atoms with Gasteiger partial charge in [0, 0.05) is 30.0 Å². The SMILES string of the molecule is Cc1cc(C(CN)C(=O)Nc2ccc3cnccc3c2)ccc1OCCCN. The lowest BCUT2D eigenvalue weighted by atomic mass is 9.96. The van der Waals surface area contributed by atoms with Crippen LogP contribution < -0.4 is 21.5 Å². The number of hydrogen-bond acceptors (Lipinski definition) is 5. The van der Waals surface area contributed by atoms with E-state index in [2.05, 4.69) is 10.3 Å². The molecule has 0 saturated heterocycles. The highest BCUT2D eigenvalue weighted by atomic mass is 16.5. The van der Waals surface area contributed by atoms with Crippen molar-refractivity contribution in [1.82, 2.24) is 4.98 Å². The normalized spacial score (nSPS) is 12.0. The summed E-state index contributed by atoms with van der Waals surface area (Å²) in [6.45, 7) is 3.35. The number of ether oxygens (including phenoxy) is 1. The zero-order chi connectivity index (χ0) is 19.9. The topological polar surface area (TPSA) is 103 Å². The van der Waals surface area contributed by atoms with Crippen LogP contribution in [0.3, 0.4) is 0 Å². The molecule has 6 heteroatoms. The number of rotatable bonds is 8. The summed E-state index contributed by atoms with van der Waals surface area (Å²) < 4.78 is 5.73. The molecule has 3 rings (SSSR count). The van der Waals surface area contributed by atoms with Crippen molar-refractivity contribution in [2.24, 2.45) is 11.5 Å². The Labute approximate surface area is 164 Å². The Hall–Kier alpha value is -2.96. The van der Waals surface area contributed by atoms with Gasteiger partial charge in [-0.15, -0.1) is 0 Å². The maximum atomic E-state index is 12.8. The summed E-state index contributed by atoms with van der Waals surface area (Å²) >= 11 is 0. The molecule has 1 atom stereocenters. The van der Waals surface area contributed by atoms with Crippen LogP contribution in [0.5, 0.6) is 5.75 Å². The third-order valence-corrected chi connectivity index (χ3v) is 4.67. The molecule has 3 aromatic rings. The number of hydrogen-bond donors (Lipinski definition) is 3. The van der Waals surface area contributed by atoms with Crippen LogP contribution in [0, 0.1) is 6.92 Å². The van der Waals surface area contributed by atoms with E-state index in [0.717, 1.165) is 39.8 Å². The van der Waals surface area contributed by atoms with Crippen molar-refractivity contribution in [3.8, 4) is 5.75 Å². The van der Waals surface area contributed by atoms with Crippen molar-refractivity contribution in [3.05, 3.63) is 66.0 Å². The van der Waals surface area contributed by atoms with Gasteiger partial charge in [-0.25, -0.2) is 0 Å². The van der Waals surface area contributed by atoms with Gasteiger partial charge in [0.15, 0.2) is 0 Å². The average Bonchev–Trinajstić information content (AvgIpc) is 2.70. The standard InChI is InChI=1S/C22H26N4O2/c1-15-11-17(4-6-21(15)28-10-2-8-23)20(13-24)22(27)26-19-5-3-18-14-25-9-7-16(18)12-19/h3-7,9,11-12,14,20H,2,8,10,13,23-24H2,1H3,(H,26,27). The highest BCUT2D eigenvalue weighted by Gasteiger charge is 2.20. The molecule has 28 heavy (non-hydrogen) atoms. The van der Waals surface area contributed by atoms with Crippen molar-refractivity contribution in [3.63, 3.8) is 0 Å². The molecule has 1 aromatic heterocycles. The van der Waals surface area contributed by atoms with Crippen LogP contribution in [0.25, 0.3) is 10.8 Å². The van der Waals surface area contributed by atoms with Gasteiger partial charge in [-0.1, -0.05) is 18.2 Å². The van der Waals surface area contributed by atoms with Crippen LogP contribution in [0.15, 0.2) is 54.9 Å². The molecule has 146 valence electrons. The molecule has 0 aliphatic rings. The number of amides is 1. The first kappa shape index (κ1) is 19.8. The number of anilines is 1. The summed E-state index contributed by atoms with van der Waals surface area (Å²) in [6, 6.07) is 13.4. The zero-order valence-electron chi connectivity index (χ0n) is 16.0. The number of nitrogens with zero attached hydrogens (tertiary/aromatic N) is 1. The molecule has 1 unspecified atom stereocenters. The molecule has 1 heterocycles. The fourth-order valence-corrected chi connectivity index (χ4v) is 3.10. The predicted molar refractivity (Wildman–Crippen MR) is 113 cm³/mol. The molecule has 6 nitrogen and oxygen atoms in total. The molecule has 0 fully saturated rings. The summed E-state index contributed by atoms with van der Waals surface area (Å²) in [5.74, 6) is 0.230. The van der Waals surface area contributed by atoms with Crippen molar-refractivity contribution < 1.29 is 9.53 Å². The Bertz CT molecular complexity index is 958. The first-order chi connectivity index (χ1) is 13.6. The van der Waals surface area contributed by atoms with E-state index < -0.39 is 5.92 Å². The van der Waals surface area contributed by atoms with E-state index in [4.69, 9.17) is 16.2 Å². The van der Waals surface area contributed by atoms with E-state index in [1.165, 1.54) is 0 Å². The molecule has 0 radical (unpaired) electrons. The van der Waals surface area contributed by atoms with Crippen molar-refractivity contribution in [2.75, 3.05) is 25.0 Å². The lowest BCUT2D eigenvalue weighted by molar-refractivity contribution is -0.117. The number of benzene rings is 2. The fraction of sp³-hybridized carbons (Fsp3) is 0.273. The van der Waals surface area contributed by atoms with Crippen LogP contribution in [0.1, 0.15) is 23.5 Å². The molecule has 0 aliphatic heterocycles. The van der Waals surface area contributed by atoms with Gasteiger partial charge in [-0.05, 0) is 60.7 Å². The molecule has 0 aliphatic carbocycles. The Kier molecular flexibility index (Phi) is 6.57. The van der Waals surface area contributed by atoms with Gasteiger partial charge in [-0.3, -0.25) is 9.78 Å². The van der Waals surface area contributed by atoms with E-state index in [-0.39, 0.29) is 12.5 Å². The van der Waals surface area contributed by atoms with Gasteiger partial charge in [-0.2, -0.15) is 0 Å². The summed E-state index contributed by atoms with van der Waals surface area (Å²) in [7, 11) is 0. The Morgan fingerprint density at radius 2 is 2.00 bits per heavy atom. The van der Waals surface area contributed by atoms with Gasteiger partial charge in [0.1, 0.15) is 5.75 Å². The lowest BCUT2D eigenvalue weighted by Gasteiger charge is -2.17. The zero-order valence-corrected chi connectivity index (χ0v) is 16.0. The second-order valence-electron chi connectivity index (χ2n) is 6.73. The molecule has 0 saturated carbocycles. The summed E-state index contributed by atoms with van der Waals surface area (Å²) in [5.41, 5.74) is 14.0. The molecule has 1 amide bonds. The first-order valence-electron chi connectivity index (χ1n) is 9.40. The van der Waals surface area contributed by atoms with Crippen molar-refractivity contribution in [1.29, 1.82) is 0 Å². The number of carbonyl (C=O) groups excluding carboxylic acids is 1. The highest BCUT2D eigenvalue weighted by Crippen LogP contribution is 2.25. The minimum absolute atomic E-state index is 0.132. The first-order valence-corrected chi connectivity index (χ1v) is 9.40. The number of carbonyl (C=O) groups is 1. The summed E-state index contributed by atoms with van der Waals surface area (Å²) in [6.07, 6.45) is 4.33. The summed E-state index contributed by atoms with van der Waals surface area (Å²) in [4.78, 5) is 16.9. The lowest BCUT2D eigenvalue weighted by Crippen LogP contribution is -2.27. The Morgan fingerprint density at radius 3 is 2.75 bits per heavy atom. The highest BCUT2D eigenvalue weighted by molar-refractivity contribution is 5.98. The second-order valence-corrected chi connectivity index (χ2v) is 6.73. The molecular weight excluding hydrogens is 352 g/mol. The van der Waals surface area contributed by atoms with Gasteiger partial charge in [0.25, 0.3) is 0 Å². The Balaban J connectivity index is 1.74.